The number of carbonyl (C=O) groups is 3. The first-order valence-corrected chi connectivity index (χ1v) is 10.1. The number of piperidine rings is 1. The van der Waals surface area contributed by atoms with E-state index in [1.807, 2.05) is 4.90 Å². The average Bonchev–Trinajstić information content (AvgIpc) is 3.31. The Morgan fingerprint density at radius 1 is 0.963 bits per heavy atom. The minimum Gasteiger partial charge on any atom is -0.342 e. The molecule has 27 heavy (non-hydrogen) atoms. The zero-order valence-corrected chi connectivity index (χ0v) is 16.0. The molecule has 1 aromatic rings. The number of hydrogen-bond acceptors (Lipinski definition) is 4. The Morgan fingerprint density at radius 3 is 2.22 bits per heavy atom. The van der Waals surface area contributed by atoms with E-state index in [0.717, 1.165) is 38.8 Å². The summed E-state index contributed by atoms with van der Waals surface area (Å²) in [6.07, 6.45) is 3.92. The molecule has 3 aliphatic heterocycles. The number of likely N-dealkylation sites (tertiary alicyclic amines) is 2. The number of benzene rings is 1. The van der Waals surface area contributed by atoms with Crippen LogP contribution >= 0.6 is 11.6 Å². The number of anilines is 1. The Bertz CT molecular complexity index is 737. The van der Waals surface area contributed by atoms with Crippen LogP contribution in [0.3, 0.4) is 0 Å². The van der Waals surface area contributed by atoms with E-state index in [2.05, 4.69) is 4.90 Å². The molecule has 144 valence electrons. The van der Waals surface area contributed by atoms with Gasteiger partial charge in [-0.05, 0) is 63.0 Å². The third-order valence-electron chi connectivity index (χ3n) is 5.94. The van der Waals surface area contributed by atoms with Gasteiger partial charge in [0.05, 0.1) is 18.2 Å². The highest BCUT2D eigenvalue weighted by Gasteiger charge is 2.44. The molecule has 1 aromatic carbocycles. The van der Waals surface area contributed by atoms with E-state index in [-0.39, 0.29) is 30.1 Å². The minimum atomic E-state index is -0.420. The van der Waals surface area contributed by atoms with Crippen LogP contribution in [0.5, 0.6) is 0 Å². The van der Waals surface area contributed by atoms with Crippen LogP contribution in [0.15, 0.2) is 24.3 Å². The summed E-state index contributed by atoms with van der Waals surface area (Å²) in [5.74, 6) is -0.0306. The van der Waals surface area contributed by atoms with Crippen molar-refractivity contribution < 1.29 is 14.4 Å². The number of hydrogen-bond donors (Lipinski definition) is 0. The number of carbonyl (C=O) groups excluding carboxylic acids is 3. The van der Waals surface area contributed by atoms with Crippen LogP contribution in [0, 0.1) is 5.92 Å². The van der Waals surface area contributed by atoms with E-state index in [0.29, 0.717) is 23.8 Å². The summed E-state index contributed by atoms with van der Waals surface area (Å²) in [6, 6.07) is 6.33. The highest BCUT2D eigenvalue weighted by atomic mass is 35.5. The molecule has 0 saturated carbocycles. The fourth-order valence-electron chi connectivity index (χ4n) is 4.42. The van der Waals surface area contributed by atoms with Crippen molar-refractivity contribution in [3.8, 4) is 0 Å². The van der Waals surface area contributed by atoms with Crippen molar-refractivity contribution in [2.45, 2.75) is 38.1 Å². The second kappa shape index (κ2) is 7.60. The van der Waals surface area contributed by atoms with E-state index in [1.54, 1.807) is 24.3 Å². The monoisotopic (exact) mass is 389 g/mol. The van der Waals surface area contributed by atoms with Gasteiger partial charge in [0, 0.05) is 24.0 Å². The molecule has 0 radical (unpaired) electrons. The van der Waals surface area contributed by atoms with Gasteiger partial charge in [-0.2, -0.15) is 0 Å². The third-order valence-corrected chi connectivity index (χ3v) is 6.20. The Labute approximate surface area is 164 Å². The van der Waals surface area contributed by atoms with Crippen LogP contribution in [0.1, 0.15) is 32.1 Å². The molecule has 0 N–H and O–H groups in total. The number of amides is 3. The molecule has 3 amide bonds. The molecule has 1 atom stereocenters. The first kappa shape index (κ1) is 18.4. The van der Waals surface area contributed by atoms with Gasteiger partial charge in [-0.1, -0.05) is 11.6 Å². The van der Waals surface area contributed by atoms with Gasteiger partial charge in [-0.25, -0.2) is 4.90 Å². The minimum absolute atomic E-state index is 0.0546. The lowest BCUT2D eigenvalue weighted by atomic mass is 9.94. The molecule has 3 aliphatic rings. The summed E-state index contributed by atoms with van der Waals surface area (Å²) < 4.78 is 0. The number of nitrogens with zero attached hydrogens (tertiary/aromatic N) is 3. The number of halogens is 1. The van der Waals surface area contributed by atoms with Gasteiger partial charge in [0.2, 0.25) is 11.8 Å². The molecule has 3 heterocycles. The second-order valence-corrected chi connectivity index (χ2v) is 8.04. The molecule has 4 rings (SSSR count). The summed E-state index contributed by atoms with van der Waals surface area (Å²) in [5, 5.41) is 0.569. The second-order valence-electron chi connectivity index (χ2n) is 7.61. The predicted octanol–water partition coefficient (Wildman–Crippen LogP) is 2.31. The SMILES string of the molecule is O=C(C1CCN([C@@H]2CC(=O)N(c3ccc(Cl)cc3)C2=O)CC1)N1CCCC1. The summed E-state index contributed by atoms with van der Waals surface area (Å²) in [6.45, 7) is 3.13. The molecule has 0 unspecified atom stereocenters. The topological polar surface area (TPSA) is 60.9 Å². The normalized spacial score (nSPS) is 24.9. The lowest BCUT2D eigenvalue weighted by Gasteiger charge is -2.35. The summed E-state index contributed by atoms with van der Waals surface area (Å²) in [4.78, 5) is 43.2. The average molecular weight is 390 g/mol. The maximum atomic E-state index is 12.9. The molecule has 0 aliphatic carbocycles. The maximum Gasteiger partial charge on any atom is 0.251 e. The van der Waals surface area contributed by atoms with Crippen molar-refractivity contribution in [3.05, 3.63) is 29.3 Å². The van der Waals surface area contributed by atoms with Crippen molar-refractivity contribution in [2.75, 3.05) is 31.1 Å². The Morgan fingerprint density at radius 2 is 1.59 bits per heavy atom. The van der Waals surface area contributed by atoms with Gasteiger partial charge in [0.1, 0.15) is 0 Å². The summed E-state index contributed by atoms with van der Waals surface area (Å²) in [5.41, 5.74) is 0.566. The number of rotatable bonds is 3. The molecule has 3 fully saturated rings. The lowest BCUT2D eigenvalue weighted by Crippen LogP contribution is -2.48. The first-order chi connectivity index (χ1) is 13.0. The van der Waals surface area contributed by atoms with Crippen LogP contribution in [0.2, 0.25) is 5.02 Å². The highest BCUT2D eigenvalue weighted by Crippen LogP contribution is 2.30. The predicted molar refractivity (Wildman–Crippen MR) is 102 cm³/mol. The quantitative estimate of drug-likeness (QED) is 0.744. The molecule has 0 spiro atoms. The van der Waals surface area contributed by atoms with Gasteiger partial charge in [-0.3, -0.25) is 19.3 Å². The Balaban J connectivity index is 1.38. The van der Waals surface area contributed by atoms with Crippen LogP contribution in [-0.4, -0.2) is 59.7 Å². The molecule has 0 aromatic heterocycles. The molecule has 3 saturated heterocycles. The smallest absolute Gasteiger partial charge is 0.251 e. The number of imide groups is 1. The van der Waals surface area contributed by atoms with E-state index >= 15 is 0 Å². The molecular formula is C20H24ClN3O3. The Kier molecular flexibility index (Phi) is 5.19. The van der Waals surface area contributed by atoms with Crippen molar-refractivity contribution >= 4 is 35.0 Å². The Hall–Kier alpha value is -1.92. The van der Waals surface area contributed by atoms with E-state index in [9.17, 15) is 14.4 Å². The maximum absolute atomic E-state index is 12.9. The van der Waals surface area contributed by atoms with Crippen LogP contribution in [0.4, 0.5) is 5.69 Å². The third kappa shape index (κ3) is 3.60. The fraction of sp³-hybridized carbons (Fsp3) is 0.550. The van der Waals surface area contributed by atoms with Crippen molar-refractivity contribution in [2.24, 2.45) is 5.92 Å². The summed E-state index contributed by atoms with van der Waals surface area (Å²) in [7, 11) is 0. The zero-order chi connectivity index (χ0) is 19.0. The van der Waals surface area contributed by atoms with Crippen LogP contribution in [-0.2, 0) is 14.4 Å². The summed E-state index contributed by atoms with van der Waals surface area (Å²) >= 11 is 5.90. The highest BCUT2D eigenvalue weighted by molar-refractivity contribution is 6.30. The first-order valence-electron chi connectivity index (χ1n) is 9.70. The molecule has 0 bridgehead atoms. The van der Waals surface area contributed by atoms with Gasteiger partial charge in [-0.15, -0.1) is 0 Å². The standard InChI is InChI=1S/C20H24ClN3O3/c21-15-3-5-16(6-4-15)24-18(25)13-17(20(24)27)22-11-7-14(8-12-22)19(26)23-9-1-2-10-23/h3-6,14,17H,1-2,7-13H2/t17-/m1/s1. The van der Waals surface area contributed by atoms with Crippen molar-refractivity contribution in [3.63, 3.8) is 0 Å². The largest absolute Gasteiger partial charge is 0.342 e. The van der Waals surface area contributed by atoms with Gasteiger partial charge < -0.3 is 4.90 Å². The van der Waals surface area contributed by atoms with E-state index in [4.69, 9.17) is 11.6 Å². The zero-order valence-electron chi connectivity index (χ0n) is 15.3. The van der Waals surface area contributed by atoms with E-state index in [1.165, 1.54) is 4.90 Å². The van der Waals surface area contributed by atoms with Gasteiger partial charge in [0.25, 0.3) is 5.91 Å². The van der Waals surface area contributed by atoms with Crippen LogP contribution in [0.25, 0.3) is 0 Å². The molecule has 7 heteroatoms. The molecular weight excluding hydrogens is 366 g/mol. The molecule has 6 nitrogen and oxygen atoms in total. The van der Waals surface area contributed by atoms with Crippen LogP contribution < -0.4 is 4.90 Å². The van der Waals surface area contributed by atoms with E-state index < -0.39 is 6.04 Å². The van der Waals surface area contributed by atoms with Gasteiger partial charge in [0.15, 0.2) is 0 Å². The van der Waals surface area contributed by atoms with Gasteiger partial charge >= 0.3 is 0 Å². The fourth-order valence-corrected chi connectivity index (χ4v) is 4.54. The van der Waals surface area contributed by atoms with Crippen molar-refractivity contribution in [1.82, 2.24) is 9.80 Å². The van der Waals surface area contributed by atoms with Crippen molar-refractivity contribution in [1.29, 1.82) is 0 Å². The lowest BCUT2D eigenvalue weighted by molar-refractivity contribution is -0.136.